The van der Waals surface area contributed by atoms with Crippen molar-refractivity contribution in [3.8, 4) is 0 Å². The number of ketones is 1. The number of carbonyl (C=O) groups is 1. The van der Waals surface area contributed by atoms with Crippen LogP contribution in [0, 0.1) is 0 Å². The van der Waals surface area contributed by atoms with Crippen molar-refractivity contribution in [1.29, 1.82) is 0 Å². The van der Waals surface area contributed by atoms with E-state index in [2.05, 4.69) is 4.74 Å². The maximum Gasteiger partial charge on any atom is 0.180 e. The molecule has 3 heteroatoms. The van der Waals surface area contributed by atoms with Crippen molar-refractivity contribution in [2.75, 3.05) is 6.61 Å². The van der Waals surface area contributed by atoms with Crippen LogP contribution in [-0.4, -0.2) is 12.4 Å². The second kappa shape index (κ2) is 1.86. The van der Waals surface area contributed by atoms with Crippen molar-refractivity contribution in [2.45, 2.75) is 6.42 Å². The summed E-state index contributed by atoms with van der Waals surface area (Å²) in [6, 6.07) is 0. The van der Waals surface area contributed by atoms with E-state index in [4.69, 9.17) is 5.73 Å². The van der Waals surface area contributed by atoms with Gasteiger partial charge in [0, 0.05) is 6.42 Å². The second-order valence-electron chi connectivity index (χ2n) is 1.64. The highest BCUT2D eigenvalue weighted by Gasteiger charge is 2.06. The maximum atomic E-state index is 10.4. The van der Waals surface area contributed by atoms with Gasteiger partial charge in [0.2, 0.25) is 0 Å². The van der Waals surface area contributed by atoms with Crippen LogP contribution in [0.4, 0.5) is 0 Å². The van der Waals surface area contributed by atoms with Crippen LogP contribution < -0.4 is 5.73 Å². The molecule has 8 heavy (non-hydrogen) atoms. The van der Waals surface area contributed by atoms with Gasteiger partial charge in [-0.1, -0.05) is 0 Å². The topological polar surface area (TPSA) is 52.3 Å². The first-order valence-corrected chi connectivity index (χ1v) is 2.39. The summed E-state index contributed by atoms with van der Waals surface area (Å²) in [7, 11) is 0. The van der Waals surface area contributed by atoms with Crippen LogP contribution in [-0.2, 0) is 9.53 Å². The zero-order valence-electron chi connectivity index (χ0n) is 4.39. The normalized spacial score (nSPS) is 19.5. The molecule has 0 spiro atoms. The Morgan fingerprint density at radius 2 is 2.50 bits per heavy atom. The van der Waals surface area contributed by atoms with Crippen LogP contribution in [0.5, 0.6) is 0 Å². The van der Waals surface area contributed by atoms with E-state index in [1.54, 1.807) is 6.08 Å². The molecule has 0 bridgehead atoms. The van der Waals surface area contributed by atoms with E-state index < -0.39 is 0 Å². The Morgan fingerprint density at radius 1 is 1.75 bits per heavy atom. The van der Waals surface area contributed by atoms with Crippen molar-refractivity contribution in [3.05, 3.63) is 12.0 Å². The Kier molecular flexibility index (Phi) is 1.20. The van der Waals surface area contributed by atoms with E-state index in [1.165, 1.54) is 0 Å². The molecule has 1 aliphatic rings. The zero-order chi connectivity index (χ0) is 5.98. The minimum Gasteiger partial charge on any atom is -0.472 e. The molecule has 3 nitrogen and oxygen atoms in total. The summed E-state index contributed by atoms with van der Waals surface area (Å²) in [5.41, 5.74) is 5.18. The Labute approximate surface area is 47.1 Å². The number of nitrogens with two attached hydrogens (primary N) is 1. The van der Waals surface area contributed by atoms with Gasteiger partial charge in [0.25, 0.3) is 0 Å². The number of hydrogen-bond acceptors (Lipinski definition) is 3. The molecule has 1 heterocycles. The van der Waals surface area contributed by atoms with Crippen LogP contribution in [0.3, 0.4) is 0 Å². The lowest BCUT2D eigenvalue weighted by atomic mass is 10.2. The molecule has 1 rings (SSSR count). The highest BCUT2D eigenvalue weighted by molar-refractivity contribution is 5.81. The van der Waals surface area contributed by atoms with E-state index in [1.807, 2.05) is 0 Å². The minimum absolute atomic E-state index is 0.0826. The highest BCUT2D eigenvalue weighted by atomic mass is 16.5. The largest absolute Gasteiger partial charge is 0.472 e. The lowest BCUT2D eigenvalue weighted by Crippen LogP contribution is -2.16. The summed E-state index contributed by atoms with van der Waals surface area (Å²) in [6.45, 7) is 0.141. The quantitative estimate of drug-likeness (QED) is 0.472. The predicted molar refractivity (Wildman–Crippen MR) is 27.8 cm³/mol. The van der Waals surface area contributed by atoms with Gasteiger partial charge < -0.3 is 10.5 Å². The smallest absolute Gasteiger partial charge is 0.180 e. The number of Topliss-reactive ketones (excluding diaryl/α,β-unsaturated/α-hetero) is 1. The Morgan fingerprint density at radius 3 is 2.88 bits per heavy atom. The van der Waals surface area contributed by atoms with Gasteiger partial charge in [0.15, 0.2) is 11.7 Å². The average molecular weight is 113 g/mol. The third-order valence-electron chi connectivity index (χ3n) is 0.931. The number of ether oxygens (including phenoxy) is 1. The molecule has 0 aliphatic carbocycles. The first-order valence-electron chi connectivity index (χ1n) is 2.39. The Balaban J connectivity index is 2.55. The van der Waals surface area contributed by atoms with Crippen molar-refractivity contribution >= 4 is 5.78 Å². The van der Waals surface area contributed by atoms with Gasteiger partial charge in [-0.2, -0.15) is 0 Å². The fourth-order valence-corrected chi connectivity index (χ4v) is 0.496. The molecule has 0 aromatic heterocycles. The molecule has 44 valence electrons. The molecule has 0 saturated carbocycles. The molecule has 1 aliphatic heterocycles. The van der Waals surface area contributed by atoms with E-state index >= 15 is 0 Å². The fraction of sp³-hybridized carbons (Fsp3) is 0.400. The molecular formula is C5H7NO2. The SMILES string of the molecule is NC1=CCC(=O)CO1. The lowest BCUT2D eigenvalue weighted by molar-refractivity contribution is -0.122. The van der Waals surface area contributed by atoms with Gasteiger partial charge in [-0.15, -0.1) is 0 Å². The number of allylic oxidation sites excluding steroid dienone is 1. The zero-order valence-corrected chi connectivity index (χ0v) is 4.39. The summed E-state index contributed by atoms with van der Waals surface area (Å²) in [5, 5.41) is 0. The molecular weight excluding hydrogens is 106 g/mol. The van der Waals surface area contributed by atoms with Crippen LogP contribution in [0.2, 0.25) is 0 Å². The molecule has 2 N–H and O–H groups in total. The minimum atomic E-state index is 0.0826. The van der Waals surface area contributed by atoms with Gasteiger partial charge in [0.1, 0.15) is 6.61 Å². The third-order valence-corrected chi connectivity index (χ3v) is 0.931. The molecule has 0 atom stereocenters. The van der Waals surface area contributed by atoms with Gasteiger partial charge in [-0.25, -0.2) is 0 Å². The van der Waals surface area contributed by atoms with E-state index in [0.717, 1.165) is 0 Å². The molecule has 0 aromatic carbocycles. The molecule has 0 radical (unpaired) electrons. The molecule has 0 aromatic rings. The maximum absolute atomic E-state index is 10.4. The predicted octanol–water partition coefficient (Wildman–Crippen LogP) is -0.224. The summed E-state index contributed by atoms with van der Waals surface area (Å²) in [6.07, 6.45) is 2.00. The fourth-order valence-electron chi connectivity index (χ4n) is 0.496. The van der Waals surface area contributed by atoms with Gasteiger partial charge in [-0.05, 0) is 6.08 Å². The van der Waals surface area contributed by atoms with Gasteiger partial charge in [0.05, 0.1) is 0 Å². The summed E-state index contributed by atoms with van der Waals surface area (Å²) in [5.74, 6) is 0.448. The number of rotatable bonds is 0. The van der Waals surface area contributed by atoms with E-state index in [-0.39, 0.29) is 12.4 Å². The van der Waals surface area contributed by atoms with Crippen molar-refractivity contribution in [3.63, 3.8) is 0 Å². The Hall–Kier alpha value is -0.990. The highest BCUT2D eigenvalue weighted by Crippen LogP contribution is 1.99. The van der Waals surface area contributed by atoms with Crippen LogP contribution in [0.15, 0.2) is 12.0 Å². The monoisotopic (exact) mass is 113 g/mol. The first kappa shape index (κ1) is 5.15. The third kappa shape index (κ3) is 0.992. The van der Waals surface area contributed by atoms with Crippen molar-refractivity contribution in [1.82, 2.24) is 0 Å². The lowest BCUT2D eigenvalue weighted by Gasteiger charge is -2.08. The number of carbonyl (C=O) groups excluding carboxylic acids is 1. The van der Waals surface area contributed by atoms with Crippen molar-refractivity contribution in [2.24, 2.45) is 5.73 Å². The molecule has 0 amide bonds. The number of hydrogen-bond donors (Lipinski definition) is 1. The van der Waals surface area contributed by atoms with Gasteiger partial charge in [-0.3, -0.25) is 4.79 Å². The summed E-state index contributed by atoms with van der Waals surface area (Å²) >= 11 is 0. The standard InChI is InChI=1S/C5H7NO2/c6-5-2-1-4(7)3-8-5/h2H,1,3,6H2. The molecule has 0 saturated heterocycles. The van der Waals surface area contributed by atoms with E-state index in [9.17, 15) is 4.79 Å². The second-order valence-corrected chi connectivity index (χ2v) is 1.64. The summed E-state index contributed by atoms with van der Waals surface area (Å²) in [4.78, 5) is 10.4. The van der Waals surface area contributed by atoms with Crippen molar-refractivity contribution < 1.29 is 9.53 Å². The first-order chi connectivity index (χ1) is 3.79. The summed E-state index contributed by atoms with van der Waals surface area (Å²) < 4.78 is 4.68. The van der Waals surface area contributed by atoms with Gasteiger partial charge >= 0.3 is 0 Å². The van der Waals surface area contributed by atoms with E-state index in [0.29, 0.717) is 12.3 Å². The average Bonchev–Trinajstić information content (AvgIpc) is 1.77. The molecule has 0 fully saturated rings. The molecule has 0 unspecified atom stereocenters. The van der Waals surface area contributed by atoms with Crippen LogP contribution in [0.1, 0.15) is 6.42 Å². The Bertz CT molecular complexity index is 139. The van der Waals surface area contributed by atoms with Crippen LogP contribution >= 0.6 is 0 Å². The van der Waals surface area contributed by atoms with Crippen LogP contribution in [0.25, 0.3) is 0 Å².